The van der Waals surface area contributed by atoms with Gasteiger partial charge in [0.05, 0.1) is 25.5 Å². The molecule has 2 aromatic rings. The van der Waals surface area contributed by atoms with Gasteiger partial charge in [-0.2, -0.15) is 0 Å². The molecule has 1 fully saturated rings. The van der Waals surface area contributed by atoms with Crippen molar-refractivity contribution in [3.63, 3.8) is 0 Å². The molecular formula is C20H26N2O4. The fourth-order valence-electron chi connectivity index (χ4n) is 3.03. The van der Waals surface area contributed by atoms with Gasteiger partial charge in [-0.3, -0.25) is 9.78 Å². The summed E-state index contributed by atoms with van der Waals surface area (Å²) in [5, 5.41) is 0. The molecule has 3 heterocycles. The van der Waals surface area contributed by atoms with Crippen molar-refractivity contribution >= 4 is 5.91 Å². The lowest BCUT2D eigenvalue weighted by molar-refractivity contribution is -0.147. The van der Waals surface area contributed by atoms with Crippen LogP contribution in [0.25, 0.3) is 0 Å². The molecule has 2 atom stereocenters. The lowest BCUT2D eigenvalue weighted by atomic mass is 10.1. The molecule has 1 amide bonds. The summed E-state index contributed by atoms with van der Waals surface area (Å²) in [6.45, 7) is 3.88. The predicted molar refractivity (Wildman–Crippen MR) is 96.2 cm³/mol. The van der Waals surface area contributed by atoms with Gasteiger partial charge in [0.1, 0.15) is 11.9 Å². The molecule has 26 heavy (non-hydrogen) atoms. The van der Waals surface area contributed by atoms with Crippen LogP contribution >= 0.6 is 0 Å². The molecule has 140 valence electrons. The van der Waals surface area contributed by atoms with Crippen molar-refractivity contribution in [2.75, 3.05) is 13.2 Å². The number of aromatic nitrogens is 1. The number of pyridine rings is 1. The second-order valence-electron chi connectivity index (χ2n) is 6.60. The Hall–Kier alpha value is -2.18. The summed E-state index contributed by atoms with van der Waals surface area (Å²) in [5.41, 5.74) is 0.968. The van der Waals surface area contributed by atoms with E-state index in [1.165, 1.54) is 0 Å². The van der Waals surface area contributed by atoms with E-state index in [0.717, 1.165) is 37.2 Å². The molecule has 0 spiro atoms. The first-order chi connectivity index (χ1) is 12.7. The van der Waals surface area contributed by atoms with E-state index in [4.69, 9.17) is 13.9 Å². The van der Waals surface area contributed by atoms with E-state index in [9.17, 15) is 4.79 Å². The molecule has 1 aliphatic rings. The van der Waals surface area contributed by atoms with Crippen LogP contribution in [-0.4, -0.2) is 41.2 Å². The maximum absolute atomic E-state index is 12.9. The highest BCUT2D eigenvalue weighted by Gasteiger charge is 2.24. The van der Waals surface area contributed by atoms with Gasteiger partial charge in [0.15, 0.2) is 0 Å². The summed E-state index contributed by atoms with van der Waals surface area (Å²) in [4.78, 5) is 18.8. The van der Waals surface area contributed by atoms with Crippen LogP contribution < -0.4 is 0 Å². The zero-order chi connectivity index (χ0) is 18.2. The monoisotopic (exact) mass is 358 g/mol. The Morgan fingerprint density at radius 1 is 1.35 bits per heavy atom. The van der Waals surface area contributed by atoms with Crippen LogP contribution in [0, 0.1) is 0 Å². The number of hydrogen-bond acceptors (Lipinski definition) is 5. The Bertz CT molecular complexity index is 654. The Morgan fingerprint density at radius 3 is 2.96 bits per heavy atom. The van der Waals surface area contributed by atoms with Gasteiger partial charge in [-0.1, -0.05) is 6.07 Å². The van der Waals surface area contributed by atoms with Crippen molar-refractivity contribution in [2.24, 2.45) is 0 Å². The van der Waals surface area contributed by atoms with Crippen molar-refractivity contribution in [2.45, 2.75) is 51.5 Å². The molecule has 0 N–H and O–H groups in total. The van der Waals surface area contributed by atoms with Gasteiger partial charge >= 0.3 is 0 Å². The van der Waals surface area contributed by atoms with Crippen molar-refractivity contribution in [3.05, 3.63) is 54.2 Å². The van der Waals surface area contributed by atoms with Gasteiger partial charge in [-0.05, 0) is 49.9 Å². The van der Waals surface area contributed by atoms with Crippen LogP contribution in [0.2, 0.25) is 0 Å². The Morgan fingerprint density at radius 2 is 2.27 bits per heavy atom. The molecule has 6 heteroatoms. The highest BCUT2D eigenvalue weighted by atomic mass is 16.5. The maximum atomic E-state index is 12.9. The van der Waals surface area contributed by atoms with Crippen LogP contribution in [0.4, 0.5) is 0 Å². The number of rotatable bonds is 8. The molecule has 1 saturated heterocycles. The number of carbonyl (C=O) groups is 1. The Balaban J connectivity index is 1.60. The van der Waals surface area contributed by atoms with E-state index in [1.807, 2.05) is 24.3 Å². The quantitative estimate of drug-likeness (QED) is 0.725. The van der Waals surface area contributed by atoms with Crippen molar-refractivity contribution in [1.82, 2.24) is 9.88 Å². The number of ether oxygens (including phenoxy) is 2. The lowest BCUT2D eigenvalue weighted by Crippen LogP contribution is -2.39. The minimum atomic E-state index is -0.535. The highest BCUT2D eigenvalue weighted by molar-refractivity contribution is 5.80. The smallest absolute Gasteiger partial charge is 0.252 e. The lowest BCUT2D eigenvalue weighted by Gasteiger charge is -2.27. The average molecular weight is 358 g/mol. The van der Waals surface area contributed by atoms with Crippen LogP contribution in [0.5, 0.6) is 0 Å². The second-order valence-corrected chi connectivity index (χ2v) is 6.60. The third-order valence-electron chi connectivity index (χ3n) is 4.49. The van der Waals surface area contributed by atoms with E-state index in [1.54, 1.807) is 30.5 Å². The fourth-order valence-corrected chi connectivity index (χ4v) is 3.03. The van der Waals surface area contributed by atoms with Crippen LogP contribution in [0.1, 0.15) is 37.5 Å². The number of furan rings is 1. The third kappa shape index (κ3) is 5.41. The SMILES string of the molecule is CC(OCC1CCCCO1)C(=O)N(Cc1cccnc1)Cc1ccco1. The van der Waals surface area contributed by atoms with Gasteiger partial charge in [0, 0.05) is 25.5 Å². The molecular weight excluding hydrogens is 332 g/mol. The van der Waals surface area contributed by atoms with Crippen LogP contribution in [0.3, 0.4) is 0 Å². The van der Waals surface area contributed by atoms with E-state index >= 15 is 0 Å². The van der Waals surface area contributed by atoms with Gasteiger partial charge in [-0.25, -0.2) is 0 Å². The summed E-state index contributed by atoms with van der Waals surface area (Å²) in [5.74, 6) is 0.672. The zero-order valence-corrected chi connectivity index (χ0v) is 15.2. The fraction of sp³-hybridized carbons (Fsp3) is 0.500. The van der Waals surface area contributed by atoms with Gasteiger partial charge in [0.2, 0.25) is 0 Å². The van der Waals surface area contributed by atoms with E-state index in [-0.39, 0.29) is 12.0 Å². The first-order valence-electron chi connectivity index (χ1n) is 9.15. The van der Waals surface area contributed by atoms with Crippen LogP contribution in [0.15, 0.2) is 47.3 Å². The highest BCUT2D eigenvalue weighted by Crippen LogP contribution is 2.16. The zero-order valence-electron chi connectivity index (χ0n) is 15.2. The molecule has 2 unspecified atom stereocenters. The Labute approximate surface area is 154 Å². The predicted octanol–water partition coefficient (Wildman–Crippen LogP) is 3.18. The summed E-state index contributed by atoms with van der Waals surface area (Å²) in [6.07, 6.45) is 7.91. The van der Waals surface area contributed by atoms with E-state index in [0.29, 0.717) is 19.7 Å². The van der Waals surface area contributed by atoms with Crippen molar-refractivity contribution in [3.8, 4) is 0 Å². The summed E-state index contributed by atoms with van der Waals surface area (Å²) < 4.78 is 16.9. The normalized spacial score (nSPS) is 18.4. The number of carbonyl (C=O) groups excluding carboxylic acids is 1. The molecule has 3 rings (SSSR count). The molecule has 6 nitrogen and oxygen atoms in total. The first-order valence-corrected chi connectivity index (χ1v) is 9.15. The van der Waals surface area contributed by atoms with Gasteiger partial charge < -0.3 is 18.8 Å². The minimum absolute atomic E-state index is 0.0685. The summed E-state index contributed by atoms with van der Waals surface area (Å²) >= 11 is 0. The number of amides is 1. The van der Waals surface area contributed by atoms with E-state index in [2.05, 4.69) is 4.98 Å². The third-order valence-corrected chi connectivity index (χ3v) is 4.49. The molecule has 0 aliphatic carbocycles. The molecule has 0 bridgehead atoms. The number of hydrogen-bond donors (Lipinski definition) is 0. The first kappa shape index (κ1) is 18.6. The summed E-state index contributed by atoms with van der Waals surface area (Å²) in [6, 6.07) is 7.51. The largest absolute Gasteiger partial charge is 0.467 e. The molecule has 0 saturated carbocycles. The second kappa shape index (κ2) is 9.50. The molecule has 1 aliphatic heterocycles. The van der Waals surface area contributed by atoms with E-state index < -0.39 is 6.10 Å². The van der Waals surface area contributed by atoms with Crippen molar-refractivity contribution in [1.29, 1.82) is 0 Å². The van der Waals surface area contributed by atoms with Crippen LogP contribution in [-0.2, 0) is 27.4 Å². The topological polar surface area (TPSA) is 64.8 Å². The number of nitrogens with zero attached hydrogens (tertiary/aromatic N) is 2. The summed E-state index contributed by atoms with van der Waals surface area (Å²) in [7, 11) is 0. The minimum Gasteiger partial charge on any atom is -0.467 e. The average Bonchev–Trinajstić information content (AvgIpc) is 3.20. The van der Waals surface area contributed by atoms with Gasteiger partial charge in [-0.15, -0.1) is 0 Å². The van der Waals surface area contributed by atoms with Crippen molar-refractivity contribution < 1.29 is 18.7 Å². The standard InChI is InChI=1S/C20H26N2O4/c1-16(26-15-19-7-2-3-10-25-19)20(23)22(14-18-8-5-11-24-18)13-17-6-4-9-21-12-17/h4-6,8-9,11-12,16,19H,2-3,7,10,13-15H2,1H3. The molecule has 0 radical (unpaired) electrons. The maximum Gasteiger partial charge on any atom is 0.252 e. The Kier molecular flexibility index (Phi) is 6.80. The molecule has 0 aromatic carbocycles. The molecule has 2 aromatic heterocycles. The van der Waals surface area contributed by atoms with Gasteiger partial charge in [0.25, 0.3) is 5.91 Å².